The molecule has 2 aliphatic heterocycles. The van der Waals surface area contributed by atoms with Crippen LogP contribution >= 0.6 is 12.4 Å². The molecule has 10 heteroatoms. The fourth-order valence-electron chi connectivity index (χ4n) is 3.39. The molecule has 0 aromatic heterocycles. The lowest BCUT2D eigenvalue weighted by Crippen LogP contribution is -2.45. The van der Waals surface area contributed by atoms with Gasteiger partial charge in [0.2, 0.25) is 5.91 Å². The van der Waals surface area contributed by atoms with Crippen LogP contribution in [0.25, 0.3) is 0 Å². The second-order valence-electron chi connectivity index (χ2n) is 7.77. The number of amides is 2. The molecule has 1 unspecified atom stereocenters. The predicted molar refractivity (Wildman–Crippen MR) is 122 cm³/mol. The van der Waals surface area contributed by atoms with Crippen LogP contribution in [0.5, 0.6) is 5.75 Å². The van der Waals surface area contributed by atoms with Gasteiger partial charge in [-0.05, 0) is 56.5 Å². The molecule has 2 amide bonds. The topological polar surface area (TPSA) is 126 Å². The van der Waals surface area contributed by atoms with Crippen molar-refractivity contribution in [3.63, 3.8) is 0 Å². The van der Waals surface area contributed by atoms with Gasteiger partial charge in [0, 0.05) is 33.2 Å². The zero-order valence-corrected chi connectivity index (χ0v) is 19.3. The van der Waals surface area contributed by atoms with Gasteiger partial charge in [-0.1, -0.05) is 12.1 Å². The number of carbonyl (C=O) groups is 3. The van der Waals surface area contributed by atoms with Crippen molar-refractivity contribution in [2.75, 3.05) is 46.5 Å². The average molecular weight is 472 g/mol. The van der Waals surface area contributed by atoms with E-state index in [9.17, 15) is 19.5 Å². The largest absolute Gasteiger partial charge is 0.484 e. The van der Waals surface area contributed by atoms with Crippen LogP contribution in [0.2, 0.25) is 0 Å². The second-order valence-corrected chi connectivity index (χ2v) is 7.77. The number of aliphatic carboxylic acids is 1. The Hall–Kier alpha value is -2.36. The first-order valence-corrected chi connectivity index (χ1v) is 10.6. The first kappa shape index (κ1) is 27.7. The molecule has 2 aliphatic rings. The van der Waals surface area contributed by atoms with E-state index in [2.05, 4.69) is 16.0 Å². The summed E-state index contributed by atoms with van der Waals surface area (Å²) < 4.78 is 10.6. The van der Waals surface area contributed by atoms with Crippen LogP contribution in [-0.4, -0.2) is 69.4 Å². The van der Waals surface area contributed by atoms with Gasteiger partial charge in [0.15, 0.2) is 6.61 Å². The molecule has 9 nitrogen and oxygen atoms in total. The first-order valence-electron chi connectivity index (χ1n) is 10.6. The standard InChI is InChI=1S/C22H33N3O6.ClH/c1-30-13-9-22(21(28)29)14-17-5-7-18(8-6-17)31-15-20(27)24-12-3-11-23-10-2-4-19(26)25-16-22;/h5-8,23H,2-4,9-16H2,1H3,(H,24,27)(H,25,26)(H,28,29);1H. The van der Waals surface area contributed by atoms with Crippen molar-refractivity contribution in [3.8, 4) is 5.75 Å². The van der Waals surface area contributed by atoms with E-state index in [1.54, 1.807) is 24.3 Å². The number of halogens is 1. The molecule has 1 atom stereocenters. The fourth-order valence-corrected chi connectivity index (χ4v) is 3.39. The maximum absolute atomic E-state index is 12.3. The van der Waals surface area contributed by atoms with E-state index in [4.69, 9.17) is 9.47 Å². The molecule has 1 aromatic carbocycles. The van der Waals surface area contributed by atoms with Crippen LogP contribution in [0.3, 0.4) is 0 Å². The van der Waals surface area contributed by atoms with Crippen LogP contribution < -0.4 is 20.7 Å². The predicted octanol–water partition coefficient (Wildman–Crippen LogP) is 1.14. The van der Waals surface area contributed by atoms with Crippen LogP contribution in [0.15, 0.2) is 24.3 Å². The Morgan fingerprint density at radius 1 is 1.09 bits per heavy atom. The van der Waals surface area contributed by atoms with Gasteiger partial charge >= 0.3 is 5.97 Å². The number of benzene rings is 1. The summed E-state index contributed by atoms with van der Waals surface area (Å²) in [6, 6.07) is 6.99. The van der Waals surface area contributed by atoms with E-state index in [0.29, 0.717) is 31.7 Å². The number of ether oxygens (including phenoxy) is 2. The summed E-state index contributed by atoms with van der Waals surface area (Å²) in [5.41, 5.74) is -0.393. The lowest BCUT2D eigenvalue weighted by Gasteiger charge is -2.30. The van der Waals surface area contributed by atoms with Gasteiger partial charge in [-0.3, -0.25) is 14.4 Å². The van der Waals surface area contributed by atoms with Crippen LogP contribution in [0.1, 0.15) is 31.2 Å². The van der Waals surface area contributed by atoms with E-state index in [1.807, 2.05) is 0 Å². The Morgan fingerprint density at radius 3 is 2.50 bits per heavy atom. The van der Waals surface area contributed by atoms with Crippen molar-refractivity contribution in [2.45, 2.75) is 32.1 Å². The third-order valence-electron chi connectivity index (χ3n) is 5.31. The Labute approximate surface area is 195 Å². The van der Waals surface area contributed by atoms with E-state index >= 15 is 0 Å². The highest BCUT2D eigenvalue weighted by molar-refractivity contribution is 5.85. The minimum absolute atomic E-state index is 0. The highest BCUT2D eigenvalue weighted by Crippen LogP contribution is 2.28. The van der Waals surface area contributed by atoms with Gasteiger partial charge in [0.25, 0.3) is 5.91 Å². The Balaban J connectivity index is 0.00000512. The van der Waals surface area contributed by atoms with Crippen molar-refractivity contribution in [2.24, 2.45) is 5.41 Å². The molecule has 0 saturated heterocycles. The monoisotopic (exact) mass is 471 g/mol. The minimum atomic E-state index is -1.19. The quantitative estimate of drug-likeness (QED) is 0.518. The van der Waals surface area contributed by atoms with Crippen molar-refractivity contribution in [1.29, 1.82) is 0 Å². The number of nitrogens with one attached hydrogen (secondary N) is 3. The van der Waals surface area contributed by atoms with Crippen molar-refractivity contribution in [1.82, 2.24) is 16.0 Å². The summed E-state index contributed by atoms with van der Waals surface area (Å²) in [5, 5.41) is 18.9. The van der Waals surface area contributed by atoms with Crippen LogP contribution in [0, 0.1) is 5.41 Å². The zero-order chi connectivity index (χ0) is 22.5. The highest BCUT2D eigenvalue weighted by Gasteiger charge is 2.38. The lowest BCUT2D eigenvalue weighted by atomic mass is 9.78. The van der Waals surface area contributed by atoms with Crippen LogP contribution in [-0.2, 0) is 25.5 Å². The molecule has 2 bridgehead atoms. The Bertz CT molecular complexity index is 731. The third-order valence-corrected chi connectivity index (χ3v) is 5.31. The molecule has 3 rings (SSSR count). The molecular weight excluding hydrogens is 438 g/mol. The molecule has 4 N–H and O–H groups in total. The number of rotatable bonds is 4. The van der Waals surface area contributed by atoms with Gasteiger partial charge in [0.1, 0.15) is 5.75 Å². The molecule has 0 saturated carbocycles. The number of fused-ring (bicyclic) bond motifs is 17. The zero-order valence-electron chi connectivity index (χ0n) is 18.5. The van der Waals surface area contributed by atoms with Crippen molar-refractivity contribution >= 4 is 30.2 Å². The van der Waals surface area contributed by atoms with E-state index < -0.39 is 11.4 Å². The summed E-state index contributed by atoms with van der Waals surface area (Å²) in [7, 11) is 1.52. The van der Waals surface area contributed by atoms with Gasteiger partial charge in [0.05, 0.1) is 5.41 Å². The Morgan fingerprint density at radius 2 is 1.81 bits per heavy atom. The third kappa shape index (κ3) is 9.42. The molecular formula is C22H34ClN3O6. The Kier molecular flexibility index (Phi) is 12.7. The average Bonchev–Trinajstić information content (AvgIpc) is 2.76. The normalized spacial score (nSPS) is 21.4. The molecule has 0 radical (unpaired) electrons. The maximum atomic E-state index is 12.3. The van der Waals surface area contributed by atoms with E-state index in [-0.39, 0.29) is 56.8 Å². The highest BCUT2D eigenvalue weighted by atomic mass is 35.5. The molecule has 32 heavy (non-hydrogen) atoms. The molecule has 0 spiro atoms. The van der Waals surface area contributed by atoms with Crippen molar-refractivity contribution in [3.05, 3.63) is 29.8 Å². The molecule has 2 heterocycles. The number of carbonyl (C=O) groups excluding carboxylic acids is 2. The van der Waals surface area contributed by atoms with Gasteiger partial charge in [-0.2, -0.15) is 0 Å². The van der Waals surface area contributed by atoms with E-state index in [0.717, 1.165) is 18.5 Å². The minimum Gasteiger partial charge on any atom is -0.484 e. The molecule has 1 aromatic rings. The number of methoxy groups -OCH3 is 1. The molecule has 180 valence electrons. The van der Waals surface area contributed by atoms with Crippen molar-refractivity contribution < 1.29 is 29.0 Å². The molecule has 0 fully saturated rings. The van der Waals surface area contributed by atoms with Gasteiger partial charge in [-0.25, -0.2) is 0 Å². The number of carboxylic acids is 1. The number of hydrogen-bond donors (Lipinski definition) is 4. The summed E-state index contributed by atoms with van der Waals surface area (Å²) in [4.78, 5) is 36.4. The lowest BCUT2D eigenvalue weighted by molar-refractivity contribution is -0.150. The second kappa shape index (κ2) is 14.7. The maximum Gasteiger partial charge on any atom is 0.311 e. The summed E-state index contributed by atoms with van der Waals surface area (Å²) >= 11 is 0. The fraction of sp³-hybridized carbons (Fsp3) is 0.591. The number of hydrogen-bond acceptors (Lipinski definition) is 6. The van der Waals surface area contributed by atoms with Gasteiger partial charge in [-0.15, -0.1) is 12.4 Å². The van der Waals surface area contributed by atoms with Crippen LogP contribution in [0.4, 0.5) is 0 Å². The number of carboxylic acid groups (broad SMARTS) is 1. The first-order chi connectivity index (χ1) is 14.9. The SMILES string of the molecule is COCCC1(C(=O)O)CNC(=O)CCCNCCCNC(=O)COc2ccc(cc2)C1.Cl. The summed E-state index contributed by atoms with van der Waals surface area (Å²) in [5.74, 6) is -0.818. The summed E-state index contributed by atoms with van der Waals surface area (Å²) in [6.07, 6.45) is 2.22. The summed E-state index contributed by atoms with van der Waals surface area (Å²) in [6.45, 7) is 2.16. The molecule has 0 aliphatic carbocycles. The smallest absolute Gasteiger partial charge is 0.311 e. The van der Waals surface area contributed by atoms with E-state index in [1.165, 1.54) is 7.11 Å². The van der Waals surface area contributed by atoms with Gasteiger partial charge < -0.3 is 30.5 Å².